The zero-order valence-electron chi connectivity index (χ0n) is 13.2. The first-order chi connectivity index (χ1) is 11.1. The zero-order chi connectivity index (χ0) is 16.2. The second-order valence-corrected chi connectivity index (χ2v) is 5.30. The number of carbonyl (C=O) groups excluding carboxylic acids is 1. The van der Waals surface area contributed by atoms with Crippen molar-refractivity contribution in [3.63, 3.8) is 0 Å². The van der Waals surface area contributed by atoms with Gasteiger partial charge in [-0.3, -0.25) is 4.79 Å². The molecule has 0 aliphatic heterocycles. The zero-order valence-corrected chi connectivity index (χ0v) is 13.2. The van der Waals surface area contributed by atoms with Crippen LogP contribution in [0.15, 0.2) is 48.5 Å². The maximum atomic E-state index is 11.1. The highest BCUT2D eigenvalue weighted by Crippen LogP contribution is 2.21. The third-order valence-corrected chi connectivity index (χ3v) is 3.41. The first-order valence-corrected chi connectivity index (χ1v) is 7.46. The SMILES string of the molecule is CC(=O)Oc1cc(C)nn1CCOc1ccc2ccccc2c1. The van der Waals surface area contributed by atoms with E-state index in [0.717, 1.165) is 16.8 Å². The lowest BCUT2D eigenvalue weighted by Crippen LogP contribution is -2.13. The number of nitrogens with zero attached hydrogens (tertiary/aromatic N) is 2. The summed E-state index contributed by atoms with van der Waals surface area (Å²) >= 11 is 0. The topological polar surface area (TPSA) is 53.3 Å². The Hall–Kier alpha value is -2.82. The number of benzene rings is 2. The number of hydrogen-bond donors (Lipinski definition) is 0. The van der Waals surface area contributed by atoms with Crippen LogP contribution in [0.2, 0.25) is 0 Å². The molecule has 0 unspecified atom stereocenters. The second-order valence-electron chi connectivity index (χ2n) is 5.30. The molecule has 0 radical (unpaired) electrons. The third-order valence-electron chi connectivity index (χ3n) is 3.41. The van der Waals surface area contributed by atoms with Crippen molar-refractivity contribution in [3.8, 4) is 11.6 Å². The average molecular weight is 310 g/mol. The van der Waals surface area contributed by atoms with Gasteiger partial charge in [0.1, 0.15) is 12.4 Å². The van der Waals surface area contributed by atoms with Crippen molar-refractivity contribution in [1.29, 1.82) is 0 Å². The van der Waals surface area contributed by atoms with Gasteiger partial charge in [0.25, 0.3) is 0 Å². The largest absolute Gasteiger partial charge is 0.492 e. The van der Waals surface area contributed by atoms with Gasteiger partial charge in [0.05, 0.1) is 12.2 Å². The molecule has 0 aliphatic carbocycles. The lowest BCUT2D eigenvalue weighted by molar-refractivity contribution is -0.132. The van der Waals surface area contributed by atoms with Gasteiger partial charge in [0.2, 0.25) is 5.88 Å². The quantitative estimate of drug-likeness (QED) is 0.678. The molecule has 0 saturated carbocycles. The minimum Gasteiger partial charge on any atom is -0.492 e. The average Bonchev–Trinajstić information content (AvgIpc) is 2.86. The van der Waals surface area contributed by atoms with Crippen LogP contribution in [0.25, 0.3) is 10.8 Å². The Bertz CT molecular complexity index is 839. The summed E-state index contributed by atoms with van der Waals surface area (Å²) in [5.41, 5.74) is 0.798. The van der Waals surface area contributed by atoms with E-state index in [-0.39, 0.29) is 5.97 Å². The van der Waals surface area contributed by atoms with E-state index in [1.165, 1.54) is 12.3 Å². The molecule has 0 fully saturated rings. The number of aryl methyl sites for hydroxylation is 1. The molecule has 0 bridgehead atoms. The molecule has 1 heterocycles. The van der Waals surface area contributed by atoms with Crippen molar-refractivity contribution in [3.05, 3.63) is 54.2 Å². The van der Waals surface area contributed by atoms with Gasteiger partial charge in [-0.25, -0.2) is 4.68 Å². The number of rotatable bonds is 5. The van der Waals surface area contributed by atoms with Crippen LogP contribution < -0.4 is 9.47 Å². The highest BCUT2D eigenvalue weighted by Gasteiger charge is 2.09. The van der Waals surface area contributed by atoms with Crippen molar-refractivity contribution in [2.24, 2.45) is 0 Å². The molecular weight excluding hydrogens is 292 g/mol. The fraction of sp³-hybridized carbons (Fsp3) is 0.222. The number of carbonyl (C=O) groups is 1. The summed E-state index contributed by atoms with van der Waals surface area (Å²) in [5.74, 6) is 0.889. The lowest BCUT2D eigenvalue weighted by Gasteiger charge is -2.09. The number of ether oxygens (including phenoxy) is 2. The van der Waals surface area contributed by atoms with Crippen LogP contribution in [0.3, 0.4) is 0 Å². The molecule has 0 atom stereocenters. The lowest BCUT2D eigenvalue weighted by atomic mass is 10.1. The van der Waals surface area contributed by atoms with Crippen LogP contribution in [-0.4, -0.2) is 22.4 Å². The standard InChI is InChI=1S/C18H18N2O3/c1-13-11-18(23-14(2)21)20(19-13)9-10-22-17-8-7-15-5-3-4-6-16(15)12-17/h3-8,11-12H,9-10H2,1-2H3. The molecule has 0 N–H and O–H groups in total. The maximum absolute atomic E-state index is 11.1. The third kappa shape index (κ3) is 3.69. The molecular formula is C18H18N2O3. The summed E-state index contributed by atoms with van der Waals surface area (Å²) in [5, 5.41) is 6.62. The van der Waals surface area contributed by atoms with Crippen LogP contribution in [0, 0.1) is 6.92 Å². The molecule has 0 spiro atoms. The summed E-state index contributed by atoms with van der Waals surface area (Å²) in [6.07, 6.45) is 0. The summed E-state index contributed by atoms with van der Waals surface area (Å²) < 4.78 is 12.6. The molecule has 3 rings (SSSR count). The van der Waals surface area contributed by atoms with Gasteiger partial charge in [-0.05, 0) is 29.8 Å². The van der Waals surface area contributed by atoms with Crippen LogP contribution in [0.1, 0.15) is 12.6 Å². The van der Waals surface area contributed by atoms with Crippen molar-refractivity contribution in [2.45, 2.75) is 20.4 Å². The highest BCUT2D eigenvalue weighted by atomic mass is 16.5. The van der Waals surface area contributed by atoms with Gasteiger partial charge in [0.15, 0.2) is 0 Å². The van der Waals surface area contributed by atoms with Gasteiger partial charge in [-0.1, -0.05) is 30.3 Å². The van der Waals surface area contributed by atoms with Crippen LogP contribution in [0.4, 0.5) is 0 Å². The van der Waals surface area contributed by atoms with E-state index in [2.05, 4.69) is 17.2 Å². The Morgan fingerprint density at radius 1 is 1.13 bits per heavy atom. The first-order valence-electron chi connectivity index (χ1n) is 7.46. The normalized spacial score (nSPS) is 10.7. The monoisotopic (exact) mass is 310 g/mol. The number of esters is 1. The summed E-state index contributed by atoms with van der Waals surface area (Å²) in [6.45, 7) is 4.17. The number of fused-ring (bicyclic) bond motifs is 1. The molecule has 2 aromatic carbocycles. The highest BCUT2D eigenvalue weighted by molar-refractivity contribution is 5.83. The smallest absolute Gasteiger partial charge is 0.309 e. The predicted octanol–water partition coefficient (Wildman–Crippen LogP) is 3.35. The van der Waals surface area contributed by atoms with Crippen molar-refractivity contribution < 1.29 is 14.3 Å². The Morgan fingerprint density at radius 2 is 1.91 bits per heavy atom. The summed E-state index contributed by atoms with van der Waals surface area (Å²) in [4.78, 5) is 11.1. The minimum absolute atomic E-state index is 0.360. The summed E-state index contributed by atoms with van der Waals surface area (Å²) in [6, 6.07) is 15.9. The fourth-order valence-corrected chi connectivity index (χ4v) is 2.42. The van der Waals surface area contributed by atoms with Crippen LogP contribution in [-0.2, 0) is 11.3 Å². The molecule has 23 heavy (non-hydrogen) atoms. The molecule has 5 heteroatoms. The van der Waals surface area contributed by atoms with Crippen molar-refractivity contribution in [1.82, 2.24) is 9.78 Å². The van der Waals surface area contributed by atoms with E-state index >= 15 is 0 Å². The second kappa shape index (κ2) is 6.52. The molecule has 0 saturated heterocycles. The first kappa shape index (κ1) is 15.1. The van der Waals surface area contributed by atoms with E-state index < -0.39 is 0 Å². The number of hydrogen-bond acceptors (Lipinski definition) is 4. The summed E-state index contributed by atoms with van der Waals surface area (Å²) in [7, 11) is 0. The molecule has 0 amide bonds. The predicted molar refractivity (Wildman–Crippen MR) is 87.7 cm³/mol. The van der Waals surface area contributed by atoms with Gasteiger partial charge in [-0.15, -0.1) is 0 Å². The Balaban J connectivity index is 1.65. The van der Waals surface area contributed by atoms with Gasteiger partial charge in [-0.2, -0.15) is 5.10 Å². The fourth-order valence-electron chi connectivity index (χ4n) is 2.42. The van der Waals surface area contributed by atoms with Crippen molar-refractivity contribution >= 4 is 16.7 Å². The van der Waals surface area contributed by atoms with E-state index in [1.807, 2.05) is 37.3 Å². The molecule has 1 aromatic heterocycles. The molecule has 5 nitrogen and oxygen atoms in total. The Morgan fingerprint density at radius 3 is 2.70 bits per heavy atom. The van der Waals surface area contributed by atoms with E-state index in [0.29, 0.717) is 19.0 Å². The maximum Gasteiger partial charge on any atom is 0.309 e. The van der Waals surface area contributed by atoms with Crippen LogP contribution >= 0.6 is 0 Å². The minimum atomic E-state index is -0.360. The molecule has 3 aromatic rings. The van der Waals surface area contributed by atoms with Gasteiger partial charge < -0.3 is 9.47 Å². The van der Waals surface area contributed by atoms with E-state index in [9.17, 15) is 4.79 Å². The van der Waals surface area contributed by atoms with E-state index in [4.69, 9.17) is 9.47 Å². The molecule has 118 valence electrons. The molecule has 0 aliphatic rings. The van der Waals surface area contributed by atoms with Gasteiger partial charge >= 0.3 is 5.97 Å². The van der Waals surface area contributed by atoms with Crippen molar-refractivity contribution in [2.75, 3.05) is 6.61 Å². The Kier molecular flexibility index (Phi) is 4.28. The Labute approximate surface area is 134 Å². The van der Waals surface area contributed by atoms with Crippen LogP contribution in [0.5, 0.6) is 11.6 Å². The van der Waals surface area contributed by atoms with Gasteiger partial charge in [0, 0.05) is 13.0 Å². The van der Waals surface area contributed by atoms with E-state index in [1.54, 1.807) is 10.7 Å². The number of aromatic nitrogens is 2.